The topological polar surface area (TPSA) is 29.5 Å². The number of amides is 1. The van der Waals surface area contributed by atoms with Crippen molar-refractivity contribution in [2.75, 3.05) is 17.3 Å². The van der Waals surface area contributed by atoms with Gasteiger partial charge in [0.2, 0.25) is 4.21 Å². The summed E-state index contributed by atoms with van der Waals surface area (Å²) in [7, 11) is 0. The van der Waals surface area contributed by atoms with Crippen molar-refractivity contribution >= 4 is 35.0 Å². The number of anilines is 1. The van der Waals surface area contributed by atoms with E-state index >= 15 is 0 Å². The zero-order valence-corrected chi connectivity index (χ0v) is 10.9. The average Bonchev–Trinajstić information content (AvgIpc) is 2.34. The number of benzene rings is 1. The molecule has 2 aliphatic heterocycles. The molecule has 3 nitrogen and oxygen atoms in total. The molecule has 0 unspecified atom stereocenters. The summed E-state index contributed by atoms with van der Waals surface area (Å²) in [5.41, 5.74) is 0.0920. The van der Waals surface area contributed by atoms with E-state index in [1.165, 1.54) is 11.8 Å². The number of carbonyl (C=O) groups is 1. The Balaban J connectivity index is 2.01. The summed E-state index contributed by atoms with van der Waals surface area (Å²) in [6, 6.07) is 9.50. The van der Waals surface area contributed by atoms with Crippen LogP contribution in [0.4, 0.5) is 5.69 Å². The van der Waals surface area contributed by atoms with Gasteiger partial charge in [0.05, 0.1) is 6.61 Å². The molecule has 1 aromatic rings. The van der Waals surface area contributed by atoms with Crippen LogP contribution in [0.2, 0.25) is 0 Å². The smallest absolute Gasteiger partial charge is 0.265 e. The fourth-order valence-electron chi connectivity index (χ4n) is 2.34. The molecule has 2 fully saturated rings. The Morgan fingerprint density at radius 2 is 2.12 bits per heavy atom. The van der Waals surface area contributed by atoms with E-state index in [-0.39, 0.29) is 5.91 Å². The van der Waals surface area contributed by atoms with Crippen LogP contribution in [0.15, 0.2) is 30.3 Å². The molecule has 3 rings (SSSR count). The summed E-state index contributed by atoms with van der Waals surface area (Å²) in [6.45, 7) is 2.49. The SMILES string of the molecule is C[C@@]12OCCS[C@]1(Cl)C(=O)N2c1ccccc1. The molecule has 1 aromatic carbocycles. The summed E-state index contributed by atoms with van der Waals surface area (Å²) in [5.74, 6) is 0.672. The second kappa shape index (κ2) is 3.64. The van der Waals surface area contributed by atoms with E-state index in [0.29, 0.717) is 6.61 Å². The molecule has 0 saturated carbocycles. The van der Waals surface area contributed by atoms with Gasteiger partial charge in [-0.1, -0.05) is 29.8 Å². The number of halogens is 1. The zero-order valence-electron chi connectivity index (χ0n) is 9.35. The van der Waals surface area contributed by atoms with Crippen LogP contribution in [0.1, 0.15) is 6.92 Å². The zero-order chi connectivity index (χ0) is 12.1. The monoisotopic (exact) mass is 269 g/mol. The molecule has 90 valence electrons. The molecule has 5 heteroatoms. The lowest BCUT2D eigenvalue weighted by Crippen LogP contribution is -2.80. The largest absolute Gasteiger partial charge is 0.351 e. The minimum Gasteiger partial charge on any atom is -0.351 e. The number of carbonyl (C=O) groups excluding carboxylic acids is 1. The number of β-lactam (4-membered cyclic amide) rings is 1. The summed E-state index contributed by atoms with van der Waals surface area (Å²) in [6.07, 6.45) is 0. The molecule has 0 aliphatic carbocycles. The highest BCUT2D eigenvalue weighted by Gasteiger charge is 2.72. The Labute approximate surface area is 109 Å². The lowest BCUT2D eigenvalue weighted by Gasteiger charge is -2.60. The number of hydrogen-bond donors (Lipinski definition) is 0. The van der Waals surface area contributed by atoms with Gasteiger partial charge in [-0.15, -0.1) is 11.8 Å². The van der Waals surface area contributed by atoms with Crippen LogP contribution in [0, 0.1) is 0 Å². The standard InChI is InChI=1S/C12H12ClNO2S/c1-11-12(13,17-8-7-16-11)10(15)14(11)9-5-3-2-4-6-9/h2-6H,7-8H2,1H3/t11-,12-/m1/s1. The molecular formula is C12H12ClNO2S. The van der Waals surface area contributed by atoms with Gasteiger partial charge in [0, 0.05) is 11.4 Å². The first-order valence-corrected chi connectivity index (χ1v) is 6.82. The molecule has 1 amide bonds. The fourth-order valence-corrected chi connectivity index (χ4v) is 3.88. The first-order chi connectivity index (χ1) is 8.09. The normalized spacial score (nSPS) is 36.4. The first kappa shape index (κ1) is 11.4. The van der Waals surface area contributed by atoms with Crippen molar-refractivity contribution in [2.45, 2.75) is 16.9 Å². The number of para-hydroxylation sites is 1. The second-order valence-electron chi connectivity index (χ2n) is 4.25. The van der Waals surface area contributed by atoms with Gasteiger partial charge in [-0.25, -0.2) is 0 Å². The van der Waals surface area contributed by atoms with Gasteiger partial charge in [0.1, 0.15) is 0 Å². The minimum absolute atomic E-state index is 0.0856. The van der Waals surface area contributed by atoms with Crippen LogP contribution in [0.3, 0.4) is 0 Å². The van der Waals surface area contributed by atoms with Crippen molar-refractivity contribution in [1.82, 2.24) is 0 Å². The Morgan fingerprint density at radius 3 is 2.82 bits per heavy atom. The van der Waals surface area contributed by atoms with E-state index in [1.54, 1.807) is 4.90 Å². The lowest BCUT2D eigenvalue weighted by molar-refractivity contribution is -0.150. The maximum absolute atomic E-state index is 12.2. The van der Waals surface area contributed by atoms with Crippen molar-refractivity contribution in [3.63, 3.8) is 0 Å². The van der Waals surface area contributed by atoms with Crippen molar-refractivity contribution in [3.05, 3.63) is 30.3 Å². The molecule has 2 saturated heterocycles. The minimum atomic E-state index is -0.957. The van der Waals surface area contributed by atoms with Gasteiger partial charge >= 0.3 is 0 Å². The van der Waals surface area contributed by atoms with E-state index in [2.05, 4.69) is 0 Å². The number of hydrogen-bond acceptors (Lipinski definition) is 3. The van der Waals surface area contributed by atoms with Gasteiger partial charge in [-0.3, -0.25) is 9.69 Å². The first-order valence-electron chi connectivity index (χ1n) is 5.46. The quantitative estimate of drug-likeness (QED) is 0.579. The van der Waals surface area contributed by atoms with Crippen molar-refractivity contribution < 1.29 is 9.53 Å². The summed E-state index contributed by atoms with van der Waals surface area (Å²) < 4.78 is 4.80. The van der Waals surface area contributed by atoms with Gasteiger partial charge in [0.25, 0.3) is 5.91 Å². The van der Waals surface area contributed by atoms with Crippen LogP contribution in [-0.4, -0.2) is 28.2 Å². The fraction of sp³-hybridized carbons (Fsp3) is 0.417. The predicted molar refractivity (Wildman–Crippen MR) is 69.3 cm³/mol. The molecule has 2 atom stereocenters. The van der Waals surface area contributed by atoms with Crippen LogP contribution in [-0.2, 0) is 9.53 Å². The Morgan fingerprint density at radius 1 is 1.41 bits per heavy atom. The lowest BCUT2D eigenvalue weighted by atomic mass is 9.95. The molecule has 0 aromatic heterocycles. The van der Waals surface area contributed by atoms with Crippen LogP contribution in [0.5, 0.6) is 0 Å². The van der Waals surface area contributed by atoms with E-state index < -0.39 is 9.93 Å². The van der Waals surface area contributed by atoms with Crippen molar-refractivity contribution in [3.8, 4) is 0 Å². The molecule has 0 radical (unpaired) electrons. The number of alkyl halides is 1. The van der Waals surface area contributed by atoms with E-state index in [4.69, 9.17) is 16.3 Å². The number of rotatable bonds is 1. The Bertz CT molecular complexity index is 469. The number of fused-ring (bicyclic) bond motifs is 1. The number of ether oxygens (including phenoxy) is 1. The summed E-state index contributed by atoms with van der Waals surface area (Å²) in [5, 5.41) is 0. The number of nitrogens with zero attached hydrogens (tertiary/aromatic N) is 1. The highest BCUT2D eigenvalue weighted by Crippen LogP contribution is 2.57. The van der Waals surface area contributed by atoms with Crippen LogP contribution >= 0.6 is 23.4 Å². The second-order valence-corrected chi connectivity index (χ2v) is 6.35. The van der Waals surface area contributed by atoms with Crippen LogP contribution in [0.25, 0.3) is 0 Å². The van der Waals surface area contributed by atoms with E-state index in [0.717, 1.165) is 11.4 Å². The molecule has 0 bridgehead atoms. The maximum atomic E-state index is 12.2. The van der Waals surface area contributed by atoms with E-state index in [1.807, 2.05) is 37.3 Å². The van der Waals surface area contributed by atoms with Gasteiger partial charge in [-0.05, 0) is 19.1 Å². The van der Waals surface area contributed by atoms with Crippen LogP contribution < -0.4 is 4.90 Å². The van der Waals surface area contributed by atoms with E-state index in [9.17, 15) is 4.79 Å². The summed E-state index contributed by atoms with van der Waals surface area (Å²) >= 11 is 7.86. The molecule has 0 spiro atoms. The predicted octanol–water partition coefficient (Wildman–Crippen LogP) is 2.45. The molecule has 2 heterocycles. The number of thioether (sulfide) groups is 1. The Hall–Kier alpha value is -0.710. The molecule has 0 N–H and O–H groups in total. The molecule has 17 heavy (non-hydrogen) atoms. The average molecular weight is 270 g/mol. The third-order valence-corrected chi connectivity index (χ3v) is 5.44. The van der Waals surface area contributed by atoms with Crippen molar-refractivity contribution in [1.29, 1.82) is 0 Å². The highest BCUT2D eigenvalue weighted by atomic mass is 35.5. The van der Waals surface area contributed by atoms with Gasteiger partial charge in [0.15, 0.2) is 5.72 Å². The van der Waals surface area contributed by atoms with Gasteiger partial charge < -0.3 is 4.74 Å². The third-order valence-electron chi connectivity index (χ3n) is 3.28. The van der Waals surface area contributed by atoms with Crippen molar-refractivity contribution in [2.24, 2.45) is 0 Å². The summed E-state index contributed by atoms with van der Waals surface area (Å²) in [4.78, 5) is 13.9. The third kappa shape index (κ3) is 1.32. The molecule has 2 aliphatic rings. The Kier molecular flexibility index (Phi) is 2.44. The maximum Gasteiger partial charge on any atom is 0.265 e. The highest BCUT2D eigenvalue weighted by molar-refractivity contribution is 8.03. The van der Waals surface area contributed by atoms with Gasteiger partial charge in [-0.2, -0.15) is 0 Å². The molecular weight excluding hydrogens is 258 g/mol.